The molecule has 5 nitrogen and oxygen atoms in total. The van der Waals surface area contributed by atoms with Gasteiger partial charge in [-0.15, -0.1) is 0 Å². The average Bonchev–Trinajstić information content (AvgIpc) is 3.16. The summed E-state index contributed by atoms with van der Waals surface area (Å²) in [6.07, 6.45) is 3.85. The highest BCUT2D eigenvalue weighted by Gasteiger charge is 2.41. The van der Waals surface area contributed by atoms with Crippen molar-refractivity contribution < 1.29 is 14.7 Å². The minimum absolute atomic E-state index is 0.0754. The minimum atomic E-state index is -0.831. The van der Waals surface area contributed by atoms with Gasteiger partial charge in [-0.1, -0.05) is 13.8 Å². The predicted molar refractivity (Wildman–Crippen MR) is 76.3 cm³/mol. The molecule has 0 saturated heterocycles. The van der Waals surface area contributed by atoms with Crippen molar-refractivity contribution in [1.29, 1.82) is 0 Å². The van der Waals surface area contributed by atoms with Gasteiger partial charge >= 0.3 is 5.97 Å². The molecule has 5 heteroatoms. The molecule has 2 fully saturated rings. The lowest BCUT2D eigenvalue weighted by Gasteiger charge is -2.21. The van der Waals surface area contributed by atoms with Crippen molar-refractivity contribution in [2.45, 2.75) is 45.6 Å². The van der Waals surface area contributed by atoms with E-state index in [-0.39, 0.29) is 11.8 Å². The molecule has 0 bridgehead atoms. The molecule has 20 heavy (non-hydrogen) atoms. The molecule has 0 heterocycles. The van der Waals surface area contributed by atoms with Crippen LogP contribution in [0.4, 0.5) is 0 Å². The third kappa shape index (κ3) is 3.72. The monoisotopic (exact) mass is 282 g/mol. The number of nitrogens with zero attached hydrogens (tertiary/aromatic N) is 1. The number of carbonyl (C=O) groups excluding carboxylic acids is 1. The molecule has 0 radical (unpaired) electrons. The third-order valence-corrected chi connectivity index (χ3v) is 4.62. The standard InChI is InChI=1S/C15H26N2O3/c1-3-17(11-4-5-11)7-6-16-14(18)12-8-10(2)9-13(12)15(19)20/h10-13H,3-9H2,1-2H3,(H,16,18)(H,19,20)/t10?,12-,13+/m0/s1. The molecule has 1 amide bonds. The summed E-state index contributed by atoms with van der Waals surface area (Å²) >= 11 is 0. The second kappa shape index (κ2) is 6.57. The van der Waals surface area contributed by atoms with Gasteiger partial charge in [0.25, 0.3) is 0 Å². The van der Waals surface area contributed by atoms with Crippen LogP contribution in [0.5, 0.6) is 0 Å². The molecule has 1 unspecified atom stereocenters. The molecule has 2 aliphatic rings. The van der Waals surface area contributed by atoms with E-state index >= 15 is 0 Å². The van der Waals surface area contributed by atoms with Crippen LogP contribution in [0.15, 0.2) is 0 Å². The SMILES string of the molecule is CCN(CCNC(=O)[C@H]1CC(C)C[C@H]1C(=O)O)C1CC1. The number of likely N-dealkylation sites (N-methyl/N-ethyl adjacent to an activating group) is 1. The maximum Gasteiger partial charge on any atom is 0.307 e. The molecule has 114 valence electrons. The summed E-state index contributed by atoms with van der Waals surface area (Å²) < 4.78 is 0. The van der Waals surface area contributed by atoms with Gasteiger partial charge in [0, 0.05) is 19.1 Å². The summed E-state index contributed by atoms with van der Waals surface area (Å²) in [5.41, 5.74) is 0. The molecular formula is C15H26N2O3. The Kier molecular flexibility index (Phi) is 5.02. The van der Waals surface area contributed by atoms with Crippen molar-refractivity contribution in [3.63, 3.8) is 0 Å². The zero-order chi connectivity index (χ0) is 14.7. The first-order chi connectivity index (χ1) is 9.52. The van der Waals surface area contributed by atoms with Crippen LogP contribution in [0, 0.1) is 17.8 Å². The lowest BCUT2D eigenvalue weighted by Crippen LogP contribution is -2.40. The van der Waals surface area contributed by atoms with E-state index in [2.05, 4.69) is 17.1 Å². The molecule has 0 aromatic carbocycles. The minimum Gasteiger partial charge on any atom is -0.481 e. The largest absolute Gasteiger partial charge is 0.481 e. The number of carbonyl (C=O) groups is 2. The van der Waals surface area contributed by atoms with E-state index in [1.807, 2.05) is 6.92 Å². The Morgan fingerprint density at radius 1 is 1.25 bits per heavy atom. The Morgan fingerprint density at radius 3 is 2.45 bits per heavy atom. The van der Waals surface area contributed by atoms with Crippen molar-refractivity contribution >= 4 is 11.9 Å². The number of aliphatic carboxylic acids is 1. The topological polar surface area (TPSA) is 69.6 Å². The van der Waals surface area contributed by atoms with Crippen molar-refractivity contribution in [2.24, 2.45) is 17.8 Å². The van der Waals surface area contributed by atoms with Crippen LogP contribution >= 0.6 is 0 Å². The lowest BCUT2D eigenvalue weighted by molar-refractivity contribution is -0.146. The number of carboxylic acids is 1. The maximum absolute atomic E-state index is 12.2. The van der Waals surface area contributed by atoms with Crippen molar-refractivity contribution in [3.05, 3.63) is 0 Å². The lowest BCUT2D eigenvalue weighted by atomic mass is 9.95. The molecular weight excluding hydrogens is 256 g/mol. The quantitative estimate of drug-likeness (QED) is 0.739. The predicted octanol–water partition coefficient (Wildman–Crippen LogP) is 1.33. The first-order valence-corrected chi connectivity index (χ1v) is 7.77. The van der Waals surface area contributed by atoms with Gasteiger partial charge in [0.15, 0.2) is 0 Å². The normalized spacial score (nSPS) is 29.6. The van der Waals surface area contributed by atoms with Crippen LogP contribution in [0.3, 0.4) is 0 Å². The van der Waals surface area contributed by atoms with Crippen LogP contribution in [-0.2, 0) is 9.59 Å². The van der Waals surface area contributed by atoms with E-state index in [1.54, 1.807) is 0 Å². The fraction of sp³-hybridized carbons (Fsp3) is 0.867. The Balaban J connectivity index is 1.77. The zero-order valence-electron chi connectivity index (χ0n) is 12.5. The van der Waals surface area contributed by atoms with Gasteiger partial charge < -0.3 is 10.4 Å². The highest BCUT2D eigenvalue weighted by molar-refractivity contribution is 5.85. The van der Waals surface area contributed by atoms with Gasteiger partial charge in [-0.3, -0.25) is 14.5 Å². The summed E-state index contributed by atoms with van der Waals surface area (Å²) in [4.78, 5) is 25.7. The summed E-state index contributed by atoms with van der Waals surface area (Å²) in [5, 5.41) is 12.1. The van der Waals surface area contributed by atoms with Crippen LogP contribution in [0.1, 0.15) is 39.5 Å². The smallest absolute Gasteiger partial charge is 0.307 e. The highest BCUT2D eigenvalue weighted by Crippen LogP contribution is 2.36. The number of amides is 1. The van der Waals surface area contributed by atoms with Crippen LogP contribution in [0.2, 0.25) is 0 Å². The number of rotatable bonds is 7. The fourth-order valence-electron chi connectivity index (χ4n) is 3.35. The van der Waals surface area contributed by atoms with Gasteiger partial charge in [0.2, 0.25) is 5.91 Å². The van der Waals surface area contributed by atoms with Gasteiger partial charge in [0.05, 0.1) is 11.8 Å². The molecule has 0 aliphatic heterocycles. The van der Waals surface area contributed by atoms with E-state index in [0.29, 0.717) is 31.3 Å². The second-order valence-electron chi connectivity index (χ2n) is 6.28. The molecule has 0 spiro atoms. The Bertz CT molecular complexity index is 368. The average molecular weight is 282 g/mol. The van der Waals surface area contributed by atoms with Gasteiger partial charge in [-0.05, 0) is 38.1 Å². The van der Waals surface area contributed by atoms with Gasteiger partial charge in [0.1, 0.15) is 0 Å². The molecule has 2 rings (SSSR count). The summed E-state index contributed by atoms with van der Waals surface area (Å²) in [5.74, 6) is -1.43. The highest BCUT2D eigenvalue weighted by atomic mass is 16.4. The molecule has 2 aliphatic carbocycles. The second-order valence-corrected chi connectivity index (χ2v) is 6.28. The molecule has 2 N–H and O–H groups in total. The zero-order valence-corrected chi connectivity index (χ0v) is 12.5. The molecule has 0 aromatic heterocycles. The van der Waals surface area contributed by atoms with E-state index in [0.717, 1.165) is 13.1 Å². The van der Waals surface area contributed by atoms with Gasteiger partial charge in [-0.25, -0.2) is 0 Å². The van der Waals surface area contributed by atoms with Crippen LogP contribution in [-0.4, -0.2) is 47.6 Å². The van der Waals surface area contributed by atoms with Crippen LogP contribution in [0.25, 0.3) is 0 Å². The Morgan fingerprint density at radius 2 is 1.90 bits per heavy atom. The van der Waals surface area contributed by atoms with E-state index in [1.165, 1.54) is 12.8 Å². The maximum atomic E-state index is 12.2. The molecule has 2 saturated carbocycles. The molecule has 3 atom stereocenters. The van der Waals surface area contributed by atoms with E-state index in [4.69, 9.17) is 0 Å². The van der Waals surface area contributed by atoms with Gasteiger partial charge in [-0.2, -0.15) is 0 Å². The third-order valence-electron chi connectivity index (χ3n) is 4.62. The van der Waals surface area contributed by atoms with E-state index < -0.39 is 11.9 Å². The number of hydrogen-bond donors (Lipinski definition) is 2. The van der Waals surface area contributed by atoms with Crippen molar-refractivity contribution in [2.75, 3.05) is 19.6 Å². The fourth-order valence-corrected chi connectivity index (χ4v) is 3.35. The summed E-state index contributed by atoms with van der Waals surface area (Å²) in [6, 6.07) is 0.704. The number of carboxylic acid groups (broad SMARTS) is 1. The van der Waals surface area contributed by atoms with Crippen LogP contribution < -0.4 is 5.32 Å². The van der Waals surface area contributed by atoms with Crippen molar-refractivity contribution in [1.82, 2.24) is 10.2 Å². The Labute approximate surface area is 120 Å². The Hall–Kier alpha value is -1.10. The summed E-state index contributed by atoms with van der Waals surface area (Å²) in [7, 11) is 0. The van der Waals surface area contributed by atoms with E-state index in [9.17, 15) is 14.7 Å². The molecule has 0 aromatic rings. The number of nitrogens with one attached hydrogen (secondary N) is 1. The number of hydrogen-bond acceptors (Lipinski definition) is 3. The van der Waals surface area contributed by atoms with Crippen molar-refractivity contribution in [3.8, 4) is 0 Å². The first kappa shape index (κ1) is 15.3. The first-order valence-electron chi connectivity index (χ1n) is 7.77. The summed E-state index contributed by atoms with van der Waals surface area (Å²) in [6.45, 7) is 6.67.